The number of amides is 2. The molecule has 0 unspecified atom stereocenters. The predicted octanol–water partition coefficient (Wildman–Crippen LogP) is 3.58. The van der Waals surface area contributed by atoms with Gasteiger partial charge in [0.2, 0.25) is 11.8 Å². The van der Waals surface area contributed by atoms with Crippen LogP contribution in [0.15, 0.2) is 18.2 Å². The summed E-state index contributed by atoms with van der Waals surface area (Å²) in [6.07, 6.45) is 8.37. The fourth-order valence-electron chi connectivity index (χ4n) is 3.26. The largest absolute Gasteiger partial charge is 0.330 e. The standard InChI is InChI=1S/C19H29N3O2/c1-14-13-16(21-19(24)11-12-20)8-9-17(14)22-18(23)10-7-15-5-3-2-4-6-15/h8-9,13,15H,2-7,10-12,20H2,1H3,(H,21,24)(H,22,23). The maximum absolute atomic E-state index is 12.2. The molecule has 1 aliphatic carbocycles. The number of rotatable bonds is 7. The van der Waals surface area contributed by atoms with E-state index in [2.05, 4.69) is 10.6 Å². The third-order valence-corrected chi connectivity index (χ3v) is 4.66. The minimum Gasteiger partial charge on any atom is -0.330 e. The lowest BCUT2D eigenvalue weighted by Gasteiger charge is -2.21. The SMILES string of the molecule is Cc1cc(NC(=O)CCN)ccc1NC(=O)CCC1CCCCC1. The van der Waals surface area contributed by atoms with Gasteiger partial charge in [-0.25, -0.2) is 0 Å². The summed E-state index contributed by atoms with van der Waals surface area (Å²) < 4.78 is 0. The van der Waals surface area contributed by atoms with Gasteiger partial charge in [-0.2, -0.15) is 0 Å². The third-order valence-electron chi connectivity index (χ3n) is 4.66. The summed E-state index contributed by atoms with van der Waals surface area (Å²) in [6, 6.07) is 5.51. The maximum atomic E-state index is 12.2. The summed E-state index contributed by atoms with van der Waals surface area (Å²) in [4.78, 5) is 23.7. The van der Waals surface area contributed by atoms with Crippen molar-refractivity contribution in [2.45, 2.75) is 58.3 Å². The second-order valence-electron chi connectivity index (χ2n) is 6.71. The van der Waals surface area contributed by atoms with E-state index in [1.54, 1.807) is 6.07 Å². The molecule has 0 saturated heterocycles. The molecule has 2 rings (SSSR count). The highest BCUT2D eigenvalue weighted by molar-refractivity contribution is 5.93. The zero-order valence-corrected chi connectivity index (χ0v) is 14.6. The lowest BCUT2D eigenvalue weighted by molar-refractivity contribution is -0.117. The van der Waals surface area contributed by atoms with E-state index < -0.39 is 0 Å². The Labute approximate surface area is 144 Å². The third kappa shape index (κ3) is 5.96. The molecular weight excluding hydrogens is 302 g/mol. The van der Waals surface area contributed by atoms with Gasteiger partial charge in [-0.1, -0.05) is 32.1 Å². The van der Waals surface area contributed by atoms with Crippen LogP contribution in [-0.4, -0.2) is 18.4 Å². The van der Waals surface area contributed by atoms with E-state index in [1.807, 2.05) is 19.1 Å². The van der Waals surface area contributed by atoms with Crippen LogP contribution in [0, 0.1) is 12.8 Å². The van der Waals surface area contributed by atoms with Gasteiger partial charge in [0, 0.05) is 30.8 Å². The summed E-state index contributed by atoms with van der Waals surface area (Å²) in [6.45, 7) is 2.26. The molecule has 24 heavy (non-hydrogen) atoms. The number of benzene rings is 1. The first kappa shape index (κ1) is 18.5. The molecule has 132 valence electrons. The van der Waals surface area contributed by atoms with Crippen molar-refractivity contribution in [2.24, 2.45) is 11.7 Å². The van der Waals surface area contributed by atoms with Gasteiger partial charge >= 0.3 is 0 Å². The van der Waals surface area contributed by atoms with Gasteiger partial charge in [0.1, 0.15) is 0 Å². The van der Waals surface area contributed by atoms with Gasteiger partial charge in [-0.05, 0) is 43.0 Å². The quantitative estimate of drug-likeness (QED) is 0.714. The average Bonchev–Trinajstić information content (AvgIpc) is 2.57. The van der Waals surface area contributed by atoms with Crippen LogP contribution in [-0.2, 0) is 9.59 Å². The Hall–Kier alpha value is -1.88. The smallest absolute Gasteiger partial charge is 0.225 e. The monoisotopic (exact) mass is 331 g/mol. The molecule has 0 bridgehead atoms. The van der Waals surface area contributed by atoms with Crippen LogP contribution in [0.25, 0.3) is 0 Å². The second-order valence-corrected chi connectivity index (χ2v) is 6.71. The highest BCUT2D eigenvalue weighted by Gasteiger charge is 2.15. The molecule has 1 aromatic carbocycles. The second kappa shape index (κ2) is 9.42. The Morgan fingerprint density at radius 3 is 2.46 bits per heavy atom. The van der Waals surface area contributed by atoms with Crippen LogP contribution < -0.4 is 16.4 Å². The van der Waals surface area contributed by atoms with Gasteiger partial charge in [-0.3, -0.25) is 9.59 Å². The first-order valence-electron chi connectivity index (χ1n) is 8.99. The van der Waals surface area contributed by atoms with E-state index in [9.17, 15) is 9.59 Å². The zero-order valence-electron chi connectivity index (χ0n) is 14.6. The molecule has 2 amide bonds. The van der Waals surface area contributed by atoms with Crippen molar-refractivity contribution in [3.05, 3.63) is 23.8 Å². The molecule has 1 aliphatic rings. The molecule has 0 radical (unpaired) electrons. The Balaban J connectivity index is 1.82. The number of nitrogens with two attached hydrogens (primary N) is 1. The lowest BCUT2D eigenvalue weighted by Crippen LogP contribution is -2.17. The molecule has 0 aromatic heterocycles. The minimum atomic E-state index is -0.0961. The number of hydrogen-bond acceptors (Lipinski definition) is 3. The fraction of sp³-hybridized carbons (Fsp3) is 0.579. The van der Waals surface area contributed by atoms with E-state index in [1.165, 1.54) is 32.1 Å². The molecule has 4 N–H and O–H groups in total. The number of carbonyl (C=O) groups excluding carboxylic acids is 2. The topological polar surface area (TPSA) is 84.2 Å². The summed E-state index contributed by atoms with van der Waals surface area (Å²) in [7, 11) is 0. The van der Waals surface area contributed by atoms with E-state index >= 15 is 0 Å². The van der Waals surface area contributed by atoms with Crippen LogP contribution in [0.5, 0.6) is 0 Å². The Morgan fingerprint density at radius 1 is 1.08 bits per heavy atom. The number of anilines is 2. The number of aryl methyl sites for hydroxylation is 1. The van der Waals surface area contributed by atoms with Crippen molar-refractivity contribution in [1.82, 2.24) is 0 Å². The number of carbonyl (C=O) groups is 2. The predicted molar refractivity (Wildman–Crippen MR) is 97.9 cm³/mol. The summed E-state index contributed by atoms with van der Waals surface area (Å²) >= 11 is 0. The van der Waals surface area contributed by atoms with E-state index in [0.717, 1.165) is 23.4 Å². The highest BCUT2D eigenvalue weighted by atomic mass is 16.2. The highest BCUT2D eigenvalue weighted by Crippen LogP contribution is 2.27. The molecular formula is C19H29N3O2. The van der Waals surface area contributed by atoms with Gasteiger partial charge in [0.05, 0.1) is 0 Å². The van der Waals surface area contributed by atoms with Crippen LogP contribution in [0.1, 0.15) is 56.9 Å². The first-order chi connectivity index (χ1) is 11.6. The van der Waals surface area contributed by atoms with Crippen LogP contribution >= 0.6 is 0 Å². The van der Waals surface area contributed by atoms with E-state index in [-0.39, 0.29) is 11.8 Å². The van der Waals surface area contributed by atoms with Crippen molar-refractivity contribution >= 4 is 23.2 Å². The normalized spacial score (nSPS) is 15.1. The Bertz CT molecular complexity index is 566. The average molecular weight is 331 g/mol. The van der Waals surface area contributed by atoms with Crippen molar-refractivity contribution < 1.29 is 9.59 Å². The van der Waals surface area contributed by atoms with Gasteiger partial charge < -0.3 is 16.4 Å². The Morgan fingerprint density at radius 2 is 1.79 bits per heavy atom. The van der Waals surface area contributed by atoms with Crippen LogP contribution in [0.2, 0.25) is 0 Å². The molecule has 5 nitrogen and oxygen atoms in total. The zero-order chi connectivity index (χ0) is 17.4. The number of nitrogens with one attached hydrogen (secondary N) is 2. The van der Waals surface area contributed by atoms with Crippen LogP contribution in [0.3, 0.4) is 0 Å². The van der Waals surface area contributed by atoms with Crippen molar-refractivity contribution in [1.29, 1.82) is 0 Å². The van der Waals surface area contributed by atoms with E-state index in [4.69, 9.17) is 5.73 Å². The molecule has 0 heterocycles. The Kier molecular flexibility index (Phi) is 7.25. The van der Waals surface area contributed by atoms with E-state index in [0.29, 0.717) is 25.3 Å². The van der Waals surface area contributed by atoms with Crippen molar-refractivity contribution in [2.75, 3.05) is 17.2 Å². The van der Waals surface area contributed by atoms with Gasteiger partial charge in [0.25, 0.3) is 0 Å². The maximum Gasteiger partial charge on any atom is 0.225 e. The molecule has 1 saturated carbocycles. The minimum absolute atomic E-state index is 0.0728. The van der Waals surface area contributed by atoms with Crippen LogP contribution in [0.4, 0.5) is 11.4 Å². The molecule has 0 aliphatic heterocycles. The molecule has 0 atom stereocenters. The van der Waals surface area contributed by atoms with Gasteiger partial charge in [0.15, 0.2) is 0 Å². The first-order valence-corrected chi connectivity index (χ1v) is 8.99. The molecule has 1 aromatic rings. The van der Waals surface area contributed by atoms with Crippen molar-refractivity contribution in [3.63, 3.8) is 0 Å². The van der Waals surface area contributed by atoms with Gasteiger partial charge in [-0.15, -0.1) is 0 Å². The molecule has 5 heteroatoms. The summed E-state index contributed by atoms with van der Waals surface area (Å²) in [5, 5.41) is 5.78. The summed E-state index contributed by atoms with van der Waals surface area (Å²) in [5.74, 6) is 0.690. The molecule has 1 fully saturated rings. The number of hydrogen-bond donors (Lipinski definition) is 3. The molecule has 0 spiro atoms. The lowest BCUT2D eigenvalue weighted by atomic mass is 9.86. The summed E-state index contributed by atoms with van der Waals surface area (Å²) in [5.41, 5.74) is 7.84. The van der Waals surface area contributed by atoms with Crippen molar-refractivity contribution in [3.8, 4) is 0 Å². The fourth-order valence-corrected chi connectivity index (χ4v) is 3.26.